The van der Waals surface area contributed by atoms with Gasteiger partial charge in [0.25, 0.3) is 0 Å². The summed E-state index contributed by atoms with van der Waals surface area (Å²) in [6.07, 6.45) is 0.450. The van der Waals surface area contributed by atoms with Crippen LogP contribution >= 0.6 is 46.4 Å². The Kier molecular flexibility index (Phi) is 7.48. The van der Waals surface area contributed by atoms with Gasteiger partial charge in [0, 0.05) is 33.2 Å². The van der Waals surface area contributed by atoms with Gasteiger partial charge in [-0.1, -0.05) is 46.9 Å². The highest BCUT2D eigenvalue weighted by Gasteiger charge is 2.37. The summed E-state index contributed by atoms with van der Waals surface area (Å²) in [7, 11) is 0. The van der Waals surface area contributed by atoms with Crippen molar-refractivity contribution >= 4 is 58.3 Å². The highest BCUT2D eigenvalue weighted by atomic mass is 35.5. The second kappa shape index (κ2) is 10.2. The van der Waals surface area contributed by atoms with E-state index in [0.717, 1.165) is 11.1 Å². The summed E-state index contributed by atoms with van der Waals surface area (Å²) in [6.45, 7) is 3.80. The van der Waals surface area contributed by atoms with Gasteiger partial charge in [-0.3, -0.25) is 10.1 Å². The maximum atomic E-state index is 12.5. The van der Waals surface area contributed by atoms with Crippen molar-refractivity contribution in [3.63, 3.8) is 0 Å². The number of alkyl halides is 1. The highest BCUT2D eigenvalue weighted by Crippen LogP contribution is 2.44. The first-order valence-electron chi connectivity index (χ1n) is 10.7. The largest absolute Gasteiger partial charge is 0.471 e. The van der Waals surface area contributed by atoms with Crippen LogP contribution in [0.3, 0.4) is 0 Å². The zero-order valence-electron chi connectivity index (χ0n) is 18.8. The molecule has 1 atom stereocenters. The maximum absolute atomic E-state index is 12.5. The van der Waals surface area contributed by atoms with Crippen LogP contribution in [0, 0.1) is 0 Å². The van der Waals surface area contributed by atoms with Crippen LogP contribution in [-0.4, -0.2) is 28.4 Å². The Bertz CT molecular complexity index is 1300. The molecule has 0 aliphatic carbocycles. The molecule has 3 aromatic rings. The van der Waals surface area contributed by atoms with Crippen LogP contribution in [0.1, 0.15) is 31.9 Å². The molecule has 10 heteroatoms. The fourth-order valence-corrected chi connectivity index (χ4v) is 4.66. The summed E-state index contributed by atoms with van der Waals surface area (Å²) in [5.74, 6) is -0.561. The molecule has 0 radical (unpaired) electrons. The minimum absolute atomic E-state index is 0.323. The van der Waals surface area contributed by atoms with Crippen molar-refractivity contribution < 1.29 is 14.3 Å². The third kappa shape index (κ3) is 5.84. The lowest BCUT2D eigenvalue weighted by Crippen LogP contribution is -2.46. The Hall–Kier alpha value is -2.51. The molecule has 6 nitrogen and oxygen atoms in total. The molecule has 35 heavy (non-hydrogen) atoms. The molecule has 1 aliphatic rings. The van der Waals surface area contributed by atoms with E-state index in [2.05, 4.69) is 10.6 Å². The van der Waals surface area contributed by atoms with Crippen molar-refractivity contribution in [1.29, 1.82) is 0 Å². The van der Waals surface area contributed by atoms with Crippen LogP contribution in [0.25, 0.3) is 22.4 Å². The molecule has 2 aromatic carbocycles. The van der Waals surface area contributed by atoms with E-state index in [0.29, 0.717) is 44.2 Å². The smallest absolute Gasteiger partial charge is 0.321 e. The average molecular weight is 553 g/mol. The number of amides is 3. The summed E-state index contributed by atoms with van der Waals surface area (Å²) < 4.78 is 6.21. The number of aromatic nitrogens is 1. The first kappa shape index (κ1) is 25.6. The number of nitrogens with zero attached hydrogens (tertiary/aromatic N) is 1. The van der Waals surface area contributed by atoms with Gasteiger partial charge in [0.1, 0.15) is 11.5 Å². The van der Waals surface area contributed by atoms with Crippen LogP contribution in [0.15, 0.2) is 48.5 Å². The van der Waals surface area contributed by atoms with Gasteiger partial charge in [-0.25, -0.2) is 9.78 Å². The lowest BCUT2D eigenvalue weighted by atomic mass is 9.88. The number of hydrogen-bond donors (Lipinski definition) is 2. The van der Waals surface area contributed by atoms with E-state index in [4.69, 9.17) is 56.1 Å². The molecule has 2 N–H and O–H groups in total. The van der Waals surface area contributed by atoms with Gasteiger partial charge >= 0.3 is 6.03 Å². The molecule has 1 aliphatic heterocycles. The summed E-state index contributed by atoms with van der Waals surface area (Å²) in [5.41, 5.74) is 2.89. The Morgan fingerprint density at radius 1 is 1.03 bits per heavy atom. The van der Waals surface area contributed by atoms with Crippen molar-refractivity contribution in [2.75, 3.05) is 5.88 Å². The van der Waals surface area contributed by atoms with Gasteiger partial charge in [0.05, 0.1) is 16.8 Å². The van der Waals surface area contributed by atoms with Crippen LogP contribution < -0.4 is 15.4 Å². The van der Waals surface area contributed by atoms with Gasteiger partial charge in [-0.2, -0.15) is 0 Å². The van der Waals surface area contributed by atoms with Crippen LogP contribution in [0.4, 0.5) is 4.79 Å². The molecule has 1 aromatic heterocycles. The number of carbonyl (C=O) groups excluding carboxylic acids is 2. The minimum Gasteiger partial charge on any atom is -0.471 e. The van der Waals surface area contributed by atoms with E-state index in [-0.39, 0.29) is 5.88 Å². The van der Waals surface area contributed by atoms with Gasteiger partial charge in [0.15, 0.2) is 0 Å². The van der Waals surface area contributed by atoms with Crippen molar-refractivity contribution in [1.82, 2.24) is 15.6 Å². The number of hydrogen-bond acceptors (Lipinski definition) is 4. The predicted molar refractivity (Wildman–Crippen MR) is 140 cm³/mol. The monoisotopic (exact) mass is 551 g/mol. The first-order valence-corrected chi connectivity index (χ1v) is 12.3. The number of imide groups is 1. The lowest BCUT2D eigenvalue weighted by Gasteiger charge is -2.37. The molecule has 1 unspecified atom stereocenters. The molecule has 182 valence electrons. The van der Waals surface area contributed by atoms with Crippen molar-refractivity contribution in [3.05, 3.63) is 69.2 Å². The van der Waals surface area contributed by atoms with Crippen molar-refractivity contribution in [2.24, 2.45) is 0 Å². The van der Waals surface area contributed by atoms with Crippen molar-refractivity contribution in [2.45, 2.75) is 31.9 Å². The Morgan fingerprint density at radius 2 is 1.71 bits per heavy atom. The van der Waals surface area contributed by atoms with E-state index in [1.165, 1.54) is 0 Å². The second-order valence-corrected chi connectivity index (χ2v) is 10.2. The van der Waals surface area contributed by atoms with Crippen LogP contribution in [-0.2, 0) is 4.79 Å². The van der Waals surface area contributed by atoms with Gasteiger partial charge in [-0.15, -0.1) is 11.6 Å². The molecule has 4 rings (SSSR count). The topological polar surface area (TPSA) is 80.3 Å². The number of rotatable bonds is 4. The Balaban J connectivity index is 1.87. The number of nitrogens with one attached hydrogen (secondary N) is 2. The second-order valence-electron chi connectivity index (χ2n) is 8.68. The zero-order valence-corrected chi connectivity index (χ0v) is 21.8. The molecule has 0 bridgehead atoms. The molecule has 0 spiro atoms. The molecule has 0 saturated carbocycles. The standard InChI is InChI=1S/C25H21Cl4N3O3/c1-25(2)11-20(30-24(34)31-21(33)12-26)18-10-17(13-3-5-14(27)6-4-13)22(32-23(18)35-25)16-8-7-15(28)9-19(16)29/h3-10,20H,11-12H2,1-2H3,(H2,30,31,33,34). The molecular weight excluding hydrogens is 532 g/mol. The molecule has 0 fully saturated rings. The van der Waals surface area contributed by atoms with Crippen molar-refractivity contribution in [3.8, 4) is 28.3 Å². The number of carbonyl (C=O) groups is 2. The van der Waals surface area contributed by atoms with Gasteiger partial charge in [0.2, 0.25) is 11.8 Å². The number of benzene rings is 2. The van der Waals surface area contributed by atoms with Crippen LogP contribution in [0.2, 0.25) is 15.1 Å². The maximum Gasteiger partial charge on any atom is 0.321 e. The SMILES string of the molecule is CC1(C)CC(NC(=O)NC(=O)CCl)c2cc(-c3ccc(Cl)cc3)c(-c3ccc(Cl)cc3Cl)nc2O1. The van der Waals surface area contributed by atoms with E-state index < -0.39 is 23.6 Å². The Morgan fingerprint density at radius 3 is 2.37 bits per heavy atom. The predicted octanol–water partition coefficient (Wildman–Crippen LogP) is 7.04. The number of ether oxygens (including phenoxy) is 1. The summed E-state index contributed by atoms with van der Waals surface area (Å²) in [5, 5.41) is 6.59. The number of urea groups is 1. The quantitative estimate of drug-likeness (QED) is 0.340. The minimum atomic E-state index is -0.651. The fourth-order valence-electron chi connectivity index (χ4n) is 3.97. The summed E-state index contributed by atoms with van der Waals surface area (Å²) >= 11 is 24.3. The molecule has 2 heterocycles. The third-order valence-corrected chi connectivity index (χ3v) is 6.52. The molecule has 0 saturated heterocycles. The molecule has 3 amide bonds. The van der Waals surface area contributed by atoms with E-state index in [1.54, 1.807) is 30.3 Å². The first-order chi connectivity index (χ1) is 16.6. The number of halogens is 4. The van der Waals surface area contributed by atoms with E-state index in [9.17, 15) is 9.59 Å². The number of pyridine rings is 1. The highest BCUT2D eigenvalue weighted by molar-refractivity contribution is 6.36. The van der Waals surface area contributed by atoms with Gasteiger partial charge < -0.3 is 10.1 Å². The number of fused-ring (bicyclic) bond motifs is 1. The van der Waals surface area contributed by atoms with Gasteiger partial charge in [-0.05, 0) is 55.8 Å². The fraction of sp³-hybridized carbons (Fsp3) is 0.240. The average Bonchev–Trinajstić information content (AvgIpc) is 2.78. The Labute approximate surface area is 222 Å². The zero-order chi connectivity index (χ0) is 25.3. The van der Waals surface area contributed by atoms with E-state index >= 15 is 0 Å². The lowest BCUT2D eigenvalue weighted by molar-refractivity contribution is -0.117. The summed E-state index contributed by atoms with van der Waals surface area (Å²) in [4.78, 5) is 28.9. The van der Waals surface area contributed by atoms with E-state index in [1.807, 2.05) is 32.0 Å². The third-order valence-electron chi connectivity index (χ3n) is 5.48. The molecular formula is C25H21Cl4N3O3. The summed E-state index contributed by atoms with van der Waals surface area (Å²) in [6, 6.07) is 13.3. The van der Waals surface area contributed by atoms with Crippen LogP contribution in [0.5, 0.6) is 5.88 Å². The normalized spacial score (nSPS) is 16.1.